The number of nitrogens with one attached hydrogen (secondary N) is 2. The van der Waals surface area contributed by atoms with Gasteiger partial charge in [0.25, 0.3) is 0 Å². The first-order valence-electron chi connectivity index (χ1n) is 7.19. The summed E-state index contributed by atoms with van der Waals surface area (Å²) in [6.07, 6.45) is 3.29. The topological polar surface area (TPSA) is 58.2 Å². The van der Waals surface area contributed by atoms with Crippen LogP contribution in [-0.2, 0) is 10.0 Å². The molecule has 1 fully saturated rings. The summed E-state index contributed by atoms with van der Waals surface area (Å²) in [4.78, 5) is 0.351. The van der Waals surface area contributed by atoms with E-state index in [-0.39, 0.29) is 11.5 Å². The first-order valence-corrected chi connectivity index (χ1v) is 8.68. The number of hydrogen-bond acceptors (Lipinski definition) is 3. The van der Waals surface area contributed by atoms with E-state index in [1.165, 1.54) is 0 Å². The minimum atomic E-state index is -3.41. The summed E-state index contributed by atoms with van der Waals surface area (Å²) in [6.45, 7) is 4.68. The zero-order chi connectivity index (χ0) is 14.8. The van der Waals surface area contributed by atoms with E-state index >= 15 is 0 Å². The first kappa shape index (κ1) is 15.5. The Hall–Kier alpha value is -0.910. The van der Waals surface area contributed by atoms with Gasteiger partial charge in [0.1, 0.15) is 0 Å². The third kappa shape index (κ3) is 3.40. The van der Waals surface area contributed by atoms with Gasteiger partial charge in [0.15, 0.2) is 0 Å². The van der Waals surface area contributed by atoms with Crippen molar-refractivity contribution in [2.75, 3.05) is 13.6 Å². The van der Waals surface area contributed by atoms with Crippen molar-refractivity contribution in [1.29, 1.82) is 0 Å². The van der Waals surface area contributed by atoms with Gasteiger partial charge in [0.2, 0.25) is 10.0 Å². The summed E-state index contributed by atoms with van der Waals surface area (Å²) < 4.78 is 27.5. The second-order valence-electron chi connectivity index (χ2n) is 5.76. The van der Waals surface area contributed by atoms with Crippen LogP contribution in [0.5, 0.6) is 0 Å². The fourth-order valence-corrected chi connectivity index (χ4v) is 3.49. The average molecular weight is 296 g/mol. The fourth-order valence-electron chi connectivity index (χ4n) is 2.28. The van der Waals surface area contributed by atoms with Gasteiger partial charge < -0.3 is 5.32 Å². The highest BCUT2D eigenvalue weighted by Gasteiger charge is 2.41. The molecule has 5 heteroatoms. The Bertz CT molecular complexity index is 565. The quantitative estimate of drug-likeness (QED) is 0.812. The Balaban J connectivity index is 2.13. The van der Waals surface area contributed by atoms with Gasteiger partial charge in [-0.2, -0.15) is 0 Å². The van der Waals surface area contributed by atoms with Gasteiger partial charge in [-0.05, 0) is 56.3 Å². The lowest BCUT2D eigenvalue weighted by Crippen LogP contribution is -2.30. The molecule has 1 atom stereocenters. The molecule has 112 valence electrons. The van der Waals surface area contributed by atoms with Crippen molar-refractivity contribution < 1.29 is 8.42 Å². The molecule has 1 aliphatic rings. The van der Waals surface area contributed by atoms with E-state index in [0.29, 0.717) is 11.4 Å². The van der Waals surface area contributed by atoms with E-state index in [0.717, 1.165) is 24.8 Å². The molecule has 1 aromatic carbocycles. The summed E-state index contributed by atoms with van der Waals surface area (Å²) in [5.74, 6) is 0. The predicted molar refractivity (Wildman–Crippen MR) is 81.1 cm³/mol. The summed E-state index contributed by atoms with van der Waals surface area (Å²) in [5, 5.41) is 3.12. The van der Waals surface area contributed by atoms with Gasteiger partial charge in [0.05, 0.1) is 4.90 Å². The van der Waals surface area contributed by atoms with E-state index in [2.05, 4.69) is 17.0 Å². The van der Waals surface area contributed by atoms with Crippen molar-refractivity contribution in [3.63, 3.8) is 0 Å². The van der Waals surface area contributed by atoms with Gasteiger partial charge >= 0.3 is 0 Å². The van der Waals surface area contributed by atoms with Crippen LogP contribution in [0, 0.1) is 5.41 Å². The van der Waals surface area contributed by atoms with Crippen LogP contribution in [0.2, 0.25) is 0 Å². The van der Waals surface area contributed by atoms with Crippen LogP contribution < -0.4 is 10.0 Å². The SMILES string of the molecule is CCC1(CNS(=O)(=O)c2cccc(C(C)NC)c2)CC1. The third-order valence-corrected chi connectivity index (χ3v) is 5.84. The van der Waals surface area contributed by atoms with Crippen LogP contribution >= 0.6 is 0 Å². The van der Waals surface area contributed by atoms with E-state index in [1.54, 1.807) is 18.2 Å². The molecule has 2 rings (SSSR count). The highest BCUT2D eigenvalue weighted by molar-refractivity contribution is 7.89. The number of sulfonamides is 1. The Morgan fingerprint density at radius 3 is 2.60 bits per heavy atom. The van der Waals surface area contributed by atoms with Crippen molar-refractivity contribution >= 4 is 10.0 Å². The maximum atomic E-state index is 12.4. The molecule has 0 aromatic heterocycles. The summed E-state index contributed by atoms with van der Waals surface area (Å²) >= 11 is 0. The maximum absolute atomic E-state index is 12.4. The van der Waals surface area contributed by atoms with Gasteiger partial charge in [-0.15, -0.1) is 0 Å². The number of hydrogen-bond donors (Lipinski definition) is 2. The standard InChI is InChI=1S/C15H24N2O2S/c1-4-15(8-9-15)11-17-20(18,19)14-7-5-6-13(10-14)12(2)16-3/h5-7,10,12,16-17H,4,8-9,11H2,1-3H3. The molecule has 1 saturated carbocycles. The molecule has 2 N–H and O–H groups in total. The lowest BCUT2D eigenvalue weighted by atomic mass is 10.1. The van der Waals surface area contributed by atoms with E-state index in [1.807, 2.05) is 20.0 Å². The lowest BCUT2D eigenvalue weighted by molar-refractivity contribution is 0.475. The van der Waals surface area contributed by atoms with Gasteiger partial charge in [-0.1, -0.05) is 19.1 Å². The molecular weight excluding hydrogens is 272 g/mol. The van der Waals surface area contributed by atoms with Crippen molar-refractivity contribution in [2.24, 2.45) is 5.41 Å². The van der Waals surface area contributed by atoms with E-state index in [4.69, 9.17) is 0 Å². The zero-order valence-corrected chi connectivity index (χ0v) is 13.3. The molecule has 0 aliphatic heterocycles. The molecule has 0 heterocycles. The number of rotatable bonds is 7. The van der Waals surface area contributed by atoms with Crippen LogP contribution in [-0.4, -0.2) is 22.0 Å². The first-order chi connectivity index (χ1) is 9.42. The average Bonchev–Trinajstić information content (AvgIpc) is 3.25. The monoisotopic (exact) mass is 296 g/mol. The van der Waals surface area contributed by atoms with Crippen molar-refractivity contribution in [3.05, 3.63) is 29.8 Å². The molecule has 0 saturated heterocycles. The van der Waals surface area contributed by atoms with Crippen LogP contribution in [0.4, 0.5) is 0 Å². The van der Waals surface area contributed by atoms with Crippen LogP contribution in [0.1, 0.15) is 44.7 Å². The smallest absolute Gasteiger partial charge is 0.240 e. The van der Waals surface area contributed by atoms with Crippen LogP contribution in [0.25, 0.3) is 0 Å². The molecule has 4 nitrogen and oxygen atoms in total. The molecule has 1 aromatic rings. The third-order valence-electron chi connectivity index (χ3n) is 4.45. The highest BCUT2D eigenvalue weighted by Crippen LogP contribution is 2.48. The highest BCUT2D eigenvalue weighted by atomic mass is 32.2. The normalized spacial score (nSPS) is 18.8. The minimum Gasteiger partial charge on any atom is -0.313 e. The predicted octanol–water partition coefficient (Wildman–Crippen LogP) is 2.44. The molecule has 20 heavy (non-hydrogen) atoms. The maximum Gasteiger partial charge on any atom is 0.240 e. The fraction of sp³-hybridized carbons (Fsp3) is 0.600. The van der Waals surface area contributed by atoms with Crippen molar-refractivity contribution in [1.82, 2.24) is 10.0 Å². The minimum absolute atomic E-state index is 0.135. The second-order valence-corrected chi connectivity index (χ2v) is 7.53. The number of benzene rings is 1. The second kappa shape index (κ2) is 5.84. The van der Waals surface area contributed by atoms with E-state index in [9.17, 15) is 8.42 Å². The Kier molecular flexibility index (Phi) is 4.52. The summed E-state index contributed by atoms with van der Waals surface area (Å²) in [7, 11) is -1.54. The summed E-state index contributed by atoms with van der Waals surface area (Å²) in [5.41, 5.74) is 1.19. The summed E-state index contributed by atoms with van der Waals surface area (Å²) in [6, 6.07) is 7.27. The Labute approximate surface area is 122 Å². The van der Waals surface area contributed by atoms with Gasteiger partial charge in [0, 0.05) is 12.6 Å². The van der Waals surface area contributed by atoms with Gasteiger partial charge in [-0.3, -0.25) is 0 Å². The molecule has 1 aliphatic carbocycles. The lowest BCUT2D eigenvalue weighted by Gasteiger charge is -2.15. The van der Waals surface area contributed by atoms with E-state index < -0.39 is 10.0 Å². The van der Waals surface area contributed by atoms with Crippen molar-refractivity contribution in [3.8, 4) is 0 Å². The van der Waals surface area contributed by atoms with Crippen LogP contribution in [0.3, 0.4) is 0 Å². The molecule has 0 spiro atoms. The van der Waals surface area contributed by atoms with Crippen molar-refractivity contribution in [2.45, 2.75) is 44.0 Å². The molecule has 0 bridgehead atoms. The van der Waals surface area contributed by atoms with Crippen LogP contribution in [0.15, 0.2) is 29.2 Å². The molecule has 0 amide bonds. The van der Waals surface area contributed by atoms with Gasteiger partial charge in [-0.25, -0.2) is 13.1 Å². The molecule has 1 unspecified atom stereocenters. The zero-order valence-electron chi connectivity index (χ0n) is 12.4. The molecular formula is C15H24N2O2S. The molecule has 0 radical (unpaired) electrons. The Morgan fingerprint density at radius 2 is 2.05 bits per heavy atom. The Morgan fingerprint density at radius 1 is 1.35 bits per heavy atom. The largest absolute Gasteiger partial charge is 0.313 e.